The fraction of sp³-hybridized carbons (Fsp3) is 0.750. The van der Waals surface area contributed by atoms with Gasteiger partial charge in [0.05, 0.1) is 0 Å². The van der Waals surface area contributed by atoms with Gasteiger partial charge in [-0.15, -0.1) is 0 Å². The van der Waals surface area contributed by atoms with E-state index in [1.807, 2.05) is 19.4 Å². The molecule has 0 aliphatic rings. The maximum absolute atomic E-state index is 11.0. The Bertz CT molecular complexity index is 260. The van der Waals surface area contributed by atoms with Crippen molar-refractivity contribution < 1.29 is 4.21 Å². The third kappa shape index (κ3) is 6.00. The van der Waals surface area contributed by atoms with Gasteiger partial charge in [-0.1, -0.05) is 18.7 Å². The lowest BCUT2D eigenvalue weighted by molar-refractivity contribution is 0.670. The van der Waals surface area contributed by atoms with E-state index in [0.29, 0.717) is 11.7 Å². The van der Waals surface area contributed by atoms with Gasteiger partial charge in [0.1, 0.15) is 0 Å². The monoisotopic (exact) mass is 233 g/mol. The summed E-state index contributed by atoms with van der Waals surface area (Å²) in [6.07, 6.45) is 6.14. The lowest BCUT2D eigenvalue weighted by Gasteiger charge is -2.05. The molecule has 4 nitrogen and oxygen atoms in total. The summed E-state index contributed by atoms with van der Waals surface area (Å²) >= 11 is 1.40. The maximum atomic E-state index is 11.0. The van der Waals surface area contributed by atoms with Crippen molar-refractivity contribution in [3.8, 4) is 6.19 Å². The average molecular weight is 233 g/mol. The van der Waals surface area contributed by atoms with Gasteiger partial charge in [-0.2, -0.15) is 5.26 Å². The Labute approximate surface area is 91.6 Å². The first-order valence-corrected chi connectivity index (χ1v) is 7.02. The number of hydrogen-bond acceptors (Lipinski definition) is 4. The van der Waals surface area contributed by atoms with Crippen molar-refractivity contribution in [2.24, 2.45) is 4.99 Å². The number of rotatable bonds is 4. The number of thioether (sulfide) groups is 1. The highest BCUT2D eigenvalue weighted by atomic mass is 32.2. The van der Waals surface area contributed by atoms with E-state index in [-0.39, 0.29) is 5.25 Å². The number of nitrogens with zero attached hydrogens (tertiary/aromatic N) is 2. The van der Waals surface area contributed by atoms with E-state index in [9.17, 15) is 4.21 Å². The zero-order valence-corrected chi connectivity index (χ0v) is 10.2. The molecule has 0 aromatic heterocycles. The van der Waals surface area contributed by atoms with Crippen LogP contribution in [0.4, 0.5) is 0 Å². The first-order valence-electron chi connectivity index (χ1n) is 4.17. The number of nitrogens with one attached hydrogen (secondary N) is 1. The van der Waals surface area contributed by atoms with Crippen molar-refractivity contribution >= 4 is 27.7 Å². The van der Waals surface area contributed by atoms with Crippen molar-refractivity contribution in [1.82, 2.24) is 5.32 Å². The minimum atomic E-state index is -0.792. The number of aliphatic imine (C=N–C) groups is 1. The summed E-state index contributed by atoms with van der Waals surface area (Å²) in [7, 11) is -0.792. The van der Waals surface area contributed by atoms with Gasteiger partial charge in [0.25, 0.3) is 0 Å². The first kappa shape index (κ1) is 13.5. The number of hydrogen-bond donors (Lipinski definition) is 1. The zero-order chi connectivity index (χ0) is 11.0. The van der Waals surface area contributed by atoms with Crippen LogP contribution in [0.1, 0.15) is 13.3 Å². The molecule has 6 heteroatoms. The Morgan fingerprint density at radius 1 is 1.79 bits per heavy atom. The van der Waals surface area contributed by atoms with Crippen molar-refractivity contribution in [1.29, 1.82) is 5.26 Å². The fourth-order valence-electron chi connectivity index (χ4n) is 0.717. The fourth-order valence-corrected chi connectivity index (χ4v) is 1.52. The van der Waals surface area contributed by atoms with Crippen molar-refractivity contribution in [2.75, 3.05) is 19.1 Å². The molecule has 0 spiro atoms. The topological polar surface area (TPSA) is 65.2 Å². The SMILES string of the molecule is CSC(=NCCC(C)S(C)=O)NC#N. The Balaban J connectivity index is 3.90. The van der Waals surface area contributed by atoms with Crippen LogP contribution in [0.5, 0.6) is 0 Å². The van der Waals surface area contributed by atoms with Gasteiger partial charge in [-0.05, 0) is 12.7 Å². The molecule has 1 N–H and O–H groups in total. The van der Waals surface area contributed by atoms with Crippen LogP contribution in [0.3, 0.4) is 0 Å². The van der Waals surface area contributed by atoms with Gasteiger partial charge in [-0.3, -0.25) is 14.5 Å². The second-order valence-electron chi connectivity index (χ2n) is 2.73. The summed E-state index contributed by atoms with van der Waals surface area (Å²) in [6, 6.07) is 0. The molecular weight excluding hydrogens is 218 g/mol. The predicted molar refractivity (Wildman–Crippen MR) is 62.7 cm³/mol. The van der Waals surface area contributed by atoms with E-state index in [0.717, 1.165) is 6.42 Å². The second kappa shape index (κ2) is 7.83. The quantitative estimate of drug-likeness (QED) is 0.339. The molecule has 0 aliphatic carbocycles. The average Bonchev–Trinajstić information content (AvgIpc) is 2.16. The molecule has 0 saturated heterocycles. The largest absolute Gasteiger partial charge is 0.272 e. The van der Waals surface area contributed by atoms with E-state index < -0.39 is 10.8 Å². The summed E-state index contributed by atoms with van der Waals surface area (Å²) in [6.45, 7) is 2.54. The molecule has 0 saturated carbocycles. The van der Waals surface area contributed by atoms with Gasteiger partial charge >= 0.3 is 0 Å². The summed E-state index contributed by atoms with van der Waals surface area (Å²) in [4.78, 5) is 4.17. The molecule has 2 unspecified atom stereocenters. The van der Waals surface area contributed by atoms with Gasteiger partial charge in [0.2, 0.25) is 0 Å². The Hall–Kier alpha value is -0.540. The highest BCUT2D eigenvalue weighted by molar-refractivity contribution is 8.13. The van der Waals surface area contributed by atoms with Crippen LogP contribution in [0.2, 0.25) is 0 Å². The molecule has 0 heterocycles. The summed E-state index contributed by atoms with van der Waals surface area (Å²) in [5.41, 5.74) is 0. The van der Waals surface area contributed by atoms with E-state index in [1.54, 1.807) is 6.26 Å². The summed E-state index contributed by atoms with van der Waals surface area (Å²) < 4.78 is 11.0. The van der Waals surface area contributed by atoms with E-state index >= 15 is 0 Å². The third-order valence-corrected chi connectivity index (χ3v) is 3.70. The maximum Gasteiger partial charge on any atom is 0.183 e. The van der Waals surface area contributed by atoms with Gasteiger partial charge in [-0.25, -0.2) is 0 Å². The summed E-state index contributed by atoms with van der Waals surface area (Å²) in [5, 5.41) is 11.6. The van der Waals surface area contributed by atoms with Crippen molar-refractivity contribution in [2.45, 2.75) is 18.6 Å². The Morgan fingerprint density at radius 3 is 2.86 bits per heavy atom. The predicted octanol–water partition coefficient (Wildman–Crippen LogP) is 0.933. The van der Waals surface area contributed by atoms with Crippen LogP contribution in [-0.4, -0.2) is 33.7 Å². The second-order valence-corrected chi connectivity index (χ2v) is 5.32. The van der Waals surface area contributed by atoms with Gasteiger partial charge < -0.3 is 0 Å². The van der Waals surface area contributed by atoms with Crippen LogP contribution in [0.15, 0.2) is 4.99 Å². The molecule has 2 atom stereocenters. The van der Waals surface area contributed by atoms with E-state index in [4.69, 9.17) is 5.26 Å². The Kier molecular flexibility index (Phi) is 7.52. The van der Waals surface area contributed by atoms with Crippen LogP contribution in [0.25, 0.3) is 0 Å². The number of amidine groups is 1. The van der Waals surface area contributed by atoms with Crippen LogP contribution in [-0.2, 0) is 10.8 Å². The molecule has 0 radical (unpaired) electrons. The molecule has 0 aromatic rings. The minimum Gasteiger partial charge on any atom is -0.272 e. The molecule has 0 rings (SSSR count). The van der Waals surface area contributed by atoms with Gasteiger partial charge in [0, 0.05) is 28.9 Å². The lowest BCUT2D eigenvalue weighted by Crippen LogP contribution is -2.15. The standard InChI is InChI=1S/C8H15N3OS2/c1-7(14(3)12)4-5-10-8(13-2)11-6-9/h7H,4-5H2,1-3H3,(H,10,11). The van der Waals surface area contributed by atoms with Crippen molar-refractivity contribution in [3.63, 3.8) is 0 Å². The zero-order valence-electron chi connectivity index (χ0n) is 8.61. The Morgan fingerprint density at radius 2 is 2.43 bits per heavy atom. The highest BCUT2D eigenvalue weighted by Gasteiger charge is 2.04. The molecule has 0 aromatic carbocycles. The van der Waals surface area contributed by atoms with Crippen molar-refractivity contribution in [3.05, 3.63) is 0 Å². The van der Waals surface area contributed by atoms with Crippen LogP contribution >= 0.6 is 11.8 Å². The smallest absolute Gasteiger partial charge is 0.183 e. The van der Waals surface area contributed by atoms with Gasteiger partial charge in [0.15, 0.2) is 11.4 Å². The van der Waals surface area contributed by atoms with Crippen LogP contribution < -0.4 is 5.32 Å². The minimum absolute atomic E-state index is 0.156. The molecule has 0 amide bonds. The normalized spacial score (nSPS) is 15.7. The molecular formula is C8H15N3OS2. The first-order chi connectivity index (χ1) is 6.61. The molecule has 0 fully saturated rings. The lowest BCUT2D eigenvalue weighted by atomic mass is 10.3. The molecule has 0 bridgehead atoms. The number of nitriles is 1. The summed E-state index contributed by atoms with van der Waals surface area (Å²) in [5.74, 6) is 0. The molecule has 14 heavy (non-hydrogen) atoms. The third-order valence-electron chi connectivity index (χ3n) is 1.71. The van der Waals surface area contributed by atoms with E-state index in [1.165, 1.54) is 11.8 Å². The highest BCUT2D eigenvalue weighted by Crippen LogP contribution is 2.01. The molecule has 80 valence electrons. The molecule has 0 aliphatic heterocycles. The van der Waals surface area contributed by atoms with Crippen LogP contribution in [0, 0.1) is 11.5 Å². The van der Waals surface area contributed by atoms with E-state index in [2.05, 4.69) is 10.3 Å².